The zero-order valence-electron chi connectivity index (χ0n) is 30.5. The highest BCUT2D eigenvalue weighted by Gasteiger charge is 2.41. The second-order valence-corrected chi connectivity index (χ2v) is 14.3. The van der Waals surface area contributed by atoms with E-state index in [0.717, 1.165) is 16.5 Å². The van der Waals surface area contributed by atoms with Crippen molar-refractivity contribution in [2.24, 2.45) is 0 Å². The maximum Gasteiger partial charge on any atom is 0.416 e. The van der Waals surface area contributed by atoms with Crippen LogP contribution < -0.4 is 0 Å². The number of amides is 1. The van der Waals surface area contributed by atoms with Crippen molar-refractivity contribution >= 4 is 22.6 Å². The van der Waals surface area contributed by atoms with E-state index < -0.39 is 59.1 Å². The molecule has 1 aromatic heterocycles. The molecule has 57 heavy (non-hydrogen) atoms. The van der Waals surface area contributed by atoms with Gasteiger partial charge in [-0.15, -0.1) is 0 Å². The molecule has 0 aliphatic carbocycles. The fourth-order valence-electron chi connectivity index (χ4n) is 7.60. The monoisotopic (exact) mass is 799 g/mol. The summed E-state index contributed by atoms with van der Waals surface area (Å²) in [6.07, 6.45) is -9.46. The summed E-state index contributed by atoms with van der Waals surface area (Å²) in [5.74, 6) is -1.43. The SMILES string of the molecule is CC(O[C@H]1OCCN(C(=O)CN2CCC(c3c[nH]c4ccc(C(=O)c5ccc(F)cc5)cc34)CC2)[C@H]1c1ccc(F)cc1)c1cc(C(F)(F)F)cc(C(F)(F)F)c1. The molecule has 0 radical (unpaired) electrons. The standard InChI is InChI=1S/C42H37F8N3O4/c1-24(29-18-30(41(45,46)47)21-31(19-29)42(48,49)50)57-40-38(26-2-7-32(43)8-3-26)53(16-17-56-40)37(54)23-52-14-12-25(13-15-52)35-22-51-36-11-6-28(20-34(35)36)39(55)27-4-9-33(44)10-5-27/h2-11,18-22,24-25,38,40,51H,12-17,23H2,1H3/t24?,38-,40+/m0/s1. The van der Waals surface area contributed by atoms with Gasteiger partial charge in [-0.3, -0.25) is 14.5 Å². The van der Waals surface area contributed by atoms with E-state index in [1.807, 2.05) is 23.2 Å². The quantitative estimate of drug-likeness (QED) is 0.119. The fourth-order valence-corrected chi connectivity index (χ4v) is 7.60. The van der Waals surface area contributed by atoms with E-state index in [9.17, 15) is 44.7 Å². The van der Waals surface area contributed by atoms with Crippen LogP contribution in [0.2, 0.25) is 0 Å². The number of rotatable bonds is 9. The Morgan fingerprint density at radius 3 is 2.02 bits per heavy atom. The highest BCUT2D eigenvalue weighted by molar-refractivity contribution is 6.10. The number of benzene rings is 4. The molecule has 2 fully saturated rings. The van der Waals surface area contributed by atoms with Crippen LogP contribution in [0.15, 0.2) is 91.1 Å². The van der Waals surface area contributed by atoms with E-state index in [4.69, 9.17) is 9.47 Å². The normalized spacial score (nSPS) is 19.2. The van der Waals surface area contributed by atoms with E-state index in [2.05, 4.69) is 4.98 Å². The van der Waals surface area contributed by atoms with Crippen LogP contribution in [0.4, 0.5) is 35.1 Å². The zero-order chi connectivity index (χ0) is 40.6. The van der Waals surface area contributed by atoms with Crippen molar-refractivity contribution in [1.29, 1.82) is 0 Å². The molecule has 1 N–H and O–H groups in total. The molecule has 2 saturated heterocycles. The van der Waals surface area contributed by atoms with Crippen LogP contribution in [0.3, 0.4) is 0 Å². The summed E-state index contributed by atoms with van der Waals surface area (Å²) < 4.78 is 121. The molecule has 3 atom stereocenters. The Kier molecular flexibility index (Phi) is 11.3. The Balaban J connectivity index is 1.06. The van der Waals surface area contributed by atoms with Gasteiger partial charge in [-0.1, -0.05) is 12.1 Å². The predicted molar refractivity (Wildman–Crippen MR) is 193 cm³/mol. The summed E-state index contributed by atoms with van der Waals surface area (Å²) in [5, 5.41) is 0.896. The lowest BCUT2D eigenvalue weighted by Gasteiger charge is -2.43. The van der Waals surface area contributed by atoms with Crippen LogP contribution in [0.1, 0.15) is 81.6 Å². The molecule has 3 heterocycles. The van der Waals surface area contributed by atoms with E-state index in [0.29, 0.717) is 54.8 Å². The van der Waals surface area contributed by atoms with Crippen LogP contribution in [-0.4, -0.2) is 65.6 Å². The summed E-state index contributed by atoms with van der Waals surface area (Å²) in [7, 11) is 0. The molecule has 0 bridgehead atoms. The molecule has 2 aliphatic rings. The molecule has 1 unspecified atom stereocenters. The molecular weight excluding hydrogens is 762 g/mol. The Labute approximate surface area is 322 Å². The molecule has 0 saturated carbocycles. The van der Waals surface area contributed by atoms with Crippen molar-refractivity contribution < 1.29 is 54.2 Å². The average molecular weight is 800 g/mol. The number of nitrogens with one attached hydrogen (secondary N) is 1. The molecule has 15 heteroatoms. The number of fused-ring (bicyclic) bond motifs is 1. The lowest BCUT2D eigenvalue weighted by atomic mass is 9.88. The van der Waals surface area contributed by atoms with Crippen molar-refractivity contribution in [2.75, 3.05) is 32.8 Å². The van der Waals surface area contributed by atoms with Gasteiger partial charge in [0.05, 0.1) is 30.4 Å². The number of aromatic nitrogens is 1. The first-order valence-corrected chi connectivity index (χ1v) is 18.3. The highest BCUT2D eigenvalue weighted by atomic mass is 19.4. The van der Waals surface area contributed by atoms with Crippen molar-refractivity contribution in [1.82, 2.24) is 14.8 Å². The first kappa shape index (κ1) is 40.1. The lowest BCUT2D eigenvalue weighted by Crippen LogP contribution is -2.52. The Hall–Kier alpha value is -5.12. The van der Waals surface area contributed by atoms with Gasteiger partial charge in [0.25, 0.3) is 0 Å². The lowest BCUT2D eigenvalue weighted by molar-refractivity contribution is -0.229. The zero-order valence-corrected chi connectivity index (χ0v) is 30.5. The molecule has 0 spiro atoms. The predicted octanol–water partition coefficient (Wildman–Crippen LogP) is 9.60. The fraction of sp³-hybridized carbons (Fsp3) is 0.333. The average Bonchev–Trinajstić information content (AvgIpc) is 3.61. The number of ketones is 1. The minimum Gasteiger partial charge on any atom is -0.361 e. The van der Waals surface area contributed by atoms with Gasteiger partial charge in [-0.25, -0.2) is 8.78 Å². The number of carbonyl (C=O) groups excluding carboxylic acids is 2. The third-order valence-corrected chi connectivity index (χ3v) is 10.6. The summed E-state index contributed by atoms with van der Waals surface area (Å²) in [6.45, 7) is 2.46. The maximum atomic E-state index is 14.0. The van der Waals surface area contributed by atoms with Gasteiger partial charge in [-0.05, 0) is 128 Å². The summed E-state index contributed by atoms with van der Waals surface area (Å²) in [5.41, 5.74) is -0.243. The van der Waals surface area contributed by atoms with E-state index in [1.165, 1.54) is 60.4 Å². The highest BCUT2D eigenvalue weighted by Crippen LogP contribution is 2.40. The van der Waals surface area contributed by atoms with Crippen molar-refractivity contribution in [3.63, 3.8) is 0 Å². The molecule has 7 rings (SSSR count). The van der Waals surface area contributed by atoms with Crippen LogP contribution in [0, 0.1) is 11.6 Å². The van der Waals surface area contributed by atoms with Gasteiger partial charge in [0.15, 0.2) is 12.1 Å². The van der Waals surface area contributed by atoms with Crippen LogP contribution in [-0.2, 0) is 26.6 Å². The van der Waals surface area contributed by atoms with E-state index in [1.54, 1.807) is 6.07 Å². The first-order valence-electron chi connectivity index (χ1n) is 18.3. The second-order valence-electron chi connectivity index (χ2n) is 14.3. The molecule has 7 nitrogen and oxygen atoms in total. The van der Waals surface area contributed by atoms with E-state index in [-0.39, 0.29) is 43.4 Å². The van der Waals surface area contributed by atoms with Crippen LogP contribution in [0.5, 0.6) is 0 Å². The number of H-pyrrole nitrogens is 1. The number of hydrogen-bond acceptors (Lipinski definition) is 5. The molecule has 4 aromatic carbocycles. The number of nitrogens with zero attached hydrogens (tertiary/aromatic N) is 2. The summed E-state index contributed by atoms with van der Waals surface area (Å²) in [6, 6.07) is 16.2. The van der Waals surface area contributed by atoms with Gasteiger partial charge in [0, 0.05) is 34.8 Å². The first-order chi connectivity index (χ1) is 27.0. The van der Waals surface area contributed by atoms with Gasteiger partial charge in [-0.2, -0.15) is 26.3 Å². The van der Waals surface area contributed by atoms with Gasteiger partial charge < -0.3 is 19.4 Å². The minimum absolute atomic E-state index is 0.000532. The van der Waals surface area contributed by atoms with Crippen LogP contribution >= 0.6 is 0 Å². The number of likely N-dealkylation sites (tertiary alicyclic amines) is 1. The van der Waals surface area contributed by atoms with Crippen LogP contribution in [0.25, 0.3) is 10.9 Å². The number of alkyl halides is 6. The third kappa shape index (κ3) is 8.90. The third-order valence-electron chi connectivity index (χ3n) is 10.6. The molecule has 300 valence electrons. The number of hydrogen-bond donors (Lipinski definition) is 1. The Morgan fingerprint density at radius 2 is 1.40 bits per heavy atom. The Morgan fingerprint density at radius 1 is 0.807 bits per heavy atom. The second kappa shape index (κ2) is 16.0. The largest absolute Gasteiger partial charge is 0.416 e. The molecule has 1 amide bonds. The summed E-state index contributed by atoms with van der Waals surface area (Å²) >= 11 is 0. The molecule has 2 aliphatic heterocycles. The van der Waals surface area contributed by atoms with Gasteiger partial charge in [0.2, 0.25) is 5.91 Å². The number of halogens is 8. The van der Waals surface area contributed by atoms with Crippen molar-refractivity contribution in [2.45, 2.75) is 56.5 Å². The van der Waals surface area contributed by atoms with Gasteiger partial charge in [0.1, 0.15) is 17.7 Å². The van der Waals surface area contributed by atoms with E-state index >= 15 is 0 Å². The number of morpholine rings is 1. The number of ether oxygens (including phenoxy) is 2. The Bertz CT molecular complexity index is 2200. The van der Waals surface area contributed by atoms with Crippen molar-refractivity contribution in [3.05, 3.63) is 142 Å². The van der Waals surface area contributed by atoms with Crippen molar-refractivity contribution in [3.8, 4) is 0 Å². The maximum absolute atomic E-state index is 14.0. The molecule has 5 aromatic rings. The number of aromatic amines is 1. The topological polar surface area (TPSA) is 74.9 Å². The number of carbonyl (C=O) groups is 2. The minimum atomic E-state index is -5.06. The summed E-state index contributed by atoms with van der Waals surface area (Å²) in [4.78, 5) is 34.0. The number of piperidine rings is 1. The molecular formula is C42H37F8N3O4. The van der Waals surface area contributed by atoms with Gasteiger partial charge >= 0.3 is 12.4 Å². The smallest absolute Gasteiger partial charge is 0.361 e.